The molecule has 0 spiro atoms. The van der Waals surface area contributed by atoms with Crippen molar-refractivity contribution in [3.05, 3.63) is 0 Å². The Labute approximate surface area is 40.3 Å². The molecule has 0 amide bonds. The molecule has 0 aromatic rings. The molecule has 0 aliphatic rings. The molecule has 0 atom stereocenters. The van der Waals surface area contributed by atoms with Crippen LogP contribution in [-0.2, 0) is 4.74 Å². The molecule has 0 aromatic heterocycles. The van der Waals surface area contributed by atoms with Crippen LogP contribution >= 0.6 is 0 Å². The molecule has 0 heterocycles. The van der Waals surface area contributed by atoms with Crippen LogP contribution in [0.4, 0.5) is 0 Å². The lowest BCUT2D eigenvalue weighted by atomic mass is 10.2. The van der Waals surface area contributed by atoms with Gasteiger partial charge in [-0.2, -0.15) is 0 Å². The van der Waals surface area contributed by atoms with Crippen molar-refractivity contribution in [3.63, 3.8) is 0 Å². The molecule has 0 saturated carbocycles. The Balaban J connectivity index is 2.63. The second-order valence-corrected chi connectivity index (χ2v) is 0.932. The average molecular weight is 80.7 g/mol. The van der Waals surface area contributed by atoms with Gasteiger partial charge in [0.2, 0.25) is 0 Å². The van der Waals surface area contributed by atoms with Gasteiger partial charge >= 0.3 is 0 Å². The van der Waals surface area contributed by atoms with E-state index in [1.54, 1.807) is 0 Å². The van der Waals surface area contributed by atoms with Gasteiger partial charge in [0.15, 0.2) is 16.0 Å². The third-order valence-corrected chi connectivity index (χ3v) is 0.278. The van der Waals surface area contributed by atoms with Gasteiger partial charge in [-0.05, 0) is 0 Å². The van der Waals surface area contributed by atoms with E-state index in [0.29, 0.717) is 0 Å². The summed E-state index contributed by atoms with van der Waals surface area (Å²) in [4.78, 5) is 0. The summed E-state index contributed by atoms with van der Waals surface area (Å²) in [5.74, 6) is 0. The first kappa shape index (κ1) is 6.05. The molecule has 6 heavy (non-hydrogen) atoms. The molecule has 0 fully saturated rings. The minimum atomic E-state index is 0.264. The van der Waals surface area contributed by atoms with Crippen molar-refractivity contribution >= 4 is 16.0 Å². The van der Waals surface area contributed by atoms with Gasteiger partial charge in [0.25, 0.3) is 0 Å². The van der Waals surface area contributed by atoms with Crippen molar-refractivity contribution in [1.82, 2.24) is 4.72 Å². The molecule has 30 valence electrons. The lowest BCUT2D eigenvalue weighted by molar-refractivity contribution is 0.157. The molecular weight excluding hydrogens is 75.7 g/mol. The summed E-state index contributed by atoms with van der Waals surface area (Å²) < 4.78 is 5.44. The molecule has 0 unspecified atom stereocenters. The zero-order valence-corrected chi connectivity index (χ0v) is 3.72. The van der Waals surface area contributed by atoms with Gasteiger partial charge < -0.3 is 9.46 Å². The molecule has 4 radical (unpaired) electrons. The predicted molar refractivity (Wildman–Crippen MR) is 25.2 cm³/mol. The minimum Gasteiger partial charge on any atom is -0.382 e. The second kappa shape index (κ2) is 3.25. The van der Waals surface area contributed by atoms with E-state index in [2.05, 4.69) is 4.74 Å². The van der Waals surface area contributed by atoms with Crippen LogP contribution in [0.5, 0.6) is 0 Å². The Kier molecular flexibility index (Phi) is 3.27. The highest BCUT2D eigenvalue weighted by molar-refractivity contribution is 6.24. The molecule has 0 bridgehead atoms. The third kappa shape index (κ3) is 4.05. The lowest BCUT2D eigenvalue weighted by Crippen LogP contribution is -2.17. The van der Waals surface area contributed by atoms with E-state index in [1.165, 1.54) is 7.11 Å². The van der Waals surface area contributed by atoms with E-state index in [-0.39, 0.29) is 6.73 Å². The highest BCUT2D eigenvalue weighted by atomic mass is 16.5. The van der Waals surface area contributed by atoms with E-state index in [4.69, 9.17) is 16.0 Å². The van der Waals surface area contributed by atoms with E-state index in [9.17, 15) is 0 Å². The van der Waals surface area contributed by atoms with Gasteiger partial charge in [0.1, 0.15) is 0 Å². The lowest BCUT2D eigenvalue weighted by Gasteiger charge is -2.05. The maximum absolute atomic E-state index is 4.89. The first-order valence-electron chi connectivity index (χ1n) is 1.53. The summed E-state index contributed by atoms with van der Waals surface area (Å²) in [6.07, 6.45) is 0. The molecule has 0 rings (SSSR count). The number of hydrogen-bond acceptors (Lipinski definition) is 2. The summed E-state index contributed by atoms with van der Waals surface area (Å²) in [6.45, 7) is 0.264. The Morgan fingerprint density at radius 2 is 2.17 bits per heavy atom. The Bertz CT molecular complexity index is 32.7. The third-order valence-electron chi connectivity index (χ3n) is 0.278. The quantitative estimate of drug-likeness (QED) is 0.314. The maximum atomic E-state index is 4.89. The van der Waals surface area contributed by atoms with E-state index >= 15 is 0 Å². The van der Waals surface area contributed by atoms with E-state index < -0.39 is 0 Å². The topological polar surface area (TPSA) is 12.5 Å². The number of methoxy groups -OCH3 is 1. The van der Waals surface area contributed by atoms with Crippen molar-refractivity contribution in [2.75, 3.05) is 13.8 Å². The van der Waals surface area contributed by atoms with E-state index in [1.807, 2.05) is 0 Å². The van der Waals surface area contributed by atoms with Crippen LogP contribution in [0, 0.1) is 0 Å². The maximum Gasteiger partial charge on any atom is 0.168 e. The van der Waals surface area contributed by atoms with Crippen molar-refractivity contribution in [3.8, 4) is 0 Å². The van der Waals surface area contributed by atoms with Crippen LogP contribution in [-0.4, -0.2) is 34.5 Å². The smallest absolute Gasteiger partial charge is 0.168 e. The van der Waals surface area contributed by atoms with Crippen LogP contribution in [0.15, 0.2) is 0 Å². The fraction of sp³-hybridized carbons (Fsp3) is 1.00. The second-order valence-electron chi connectivity index (χ2n) is 0.932. The van der Waals surface area contributed by atoms with Crippen LogP contribution in [0.3, 0.4) is 0 Å². The van der Waals surface area contributed by atoms with Crippen LogP contribution < -0.4 is 0 Å². The molecule has 0 aliphatic heterocycles. The molecule has 4 heteroatoms. The van der Waals surface area contributed by atoms with Crippen molar-refractivity contribution in [2.24, 2.45) is 0 Å². The summed E-state index contributed by atoms with van der Waals surface area (Å²) in [5.41, 5.74) is 0. The van der Waals surface area contributed by atoms with Crippen molar-refractivity contribution in [1.29, 1.82) is 0 Å². The first-order chi connectivity index (χ1) is 2.77. The number of hydrogen-bond donors (Lipinski definition) is 0. The molecule has 2 nitrogen and oxygen atoms in total. The van der Waals surface area contributed by atoms with E-state index in [0.717, 1.165) is 4.72 Å². The monoisotopic (exact) mass is 81.1 g/mol. The Morgan fingerprint density at radius 3 is 2.17 bits per heavy atom. The molecule has 0 aromatic carbocycles. The SMILES string of the molecule is [B]N([B])COC. The van der Waals surface area contributed by atoms with Crippen molar-refractivity contribution in [2.45, 2.75) is 0 Å². The summed E-state index contributed by atoms with van der Waals surface area (Å²) in [6, 6.07) is 0. The normalized spacial score (nSPS) is 9.67. The van der Waals surface area contributed by atoms with Gasteiger partial charge in [-0.25, -0.2) is 0 Å². The van der Waals surface area contributed by atoms with Gasteiger partial charge in [0, 0.05) is 7.11 Å². The largest absolute Gasteiger partial charge is 0.382 e. The first-order valence-corrected chi connectivity index (χ1v) is 1.53. The molecule has 0 saturated heterocycles. The standard InChI is InChI=1S/C2H5B2NO/c1-6-2-5(3)4/h2H2,1H3. The average Bonchev–Trinajstić information content (AvgIpc) is 1.35. The number of rotatable bonds is 2. The van der Waals surface area contributed by atoms with Gasteiger partial charge in [-0.15, -0.1) is 0 Å². The molecule has 0 N–H and O–H groups in total. The fourth-order valence-corrected chi connectivity index (χ4v) is 0.149. The molecular formula is C2H5B2NO. The van der Waals surface area contributed by atoms with Crippen LogP contribution in [0.1, 0.15) is 0 Å². The molecule has 0 aliphatic carbocycles. The van der Waals surface area contributed by atoms with Crippen molar-refractivity contribution < 1.29 is 4.74 Å². The van der Waals surface area contributed by atoms with Gasteiger partial charge in [-0.1, -0.05) is 0 Å². The zero-order chi connectivity index (χ0) is 4.99. The highest BCUT2D eigenvalue weighted by Crippen LogP contribution is 1.66. The summed E-state index contributed by atoms with van der Waals surface area (Å²) in [7, 11) is 11.3. The van der Waals surface area contributed by atoms with Crippen LogP contribution in [0.2, 0.25) is 0 Å². The van der Waals surface area contributed by atoms with Gasteiger partial charge in [0.05, 0.1) is 6.73 Å². The van der Waals surface area contributed by atoms with Crippen LogP contribution in [0.25, 0.3) is 0 Å². The minimum absolute atomic E-state index is 0.264. The summed E-state index contributed by atoms with van der Waals surface area (Å²) in [5, 5.41) is 0. The number of ether oxygens (including phenoxy) is 1. The Morgan fingerprint density at radius 1 is 1.67 bits per heavy atom. The Hall–Kier alpha value is 0.0499. The summed E-state index contributed by atoms with van der Waals surface area (Å²) >= 11 is 0. The predicted octanol–water partition coefficient (Wildman–Crippen LogP) is -0.941. The zero-order valence-electron chi connectivity index (χ0n) is 3.72. The fourth-order valence-electron chi connectivity index (χ4n) is 0.149. The highest BCUT2D eigenvalue weighted by Gasteiger charge is 1.79. The van der Waals surface area contributed by atoms with Gasteiger partial charge in [-0.3, -0.25) is 0 Å². The number of nitrogens with zero attached hydrogens (tertiary/aromatic N) is 1.